The first-order valence-corrected chi connectivity index (χ1v) is 8.20. The Labute approximate surface area is 149 Å². The molecule has 0 aliphatic carbocycles. The molecule has 5 heteroatoms. The summed E-state index contributed by atoms with van der Waals surface area (Å²) < 4.78 is 5.16. The highest BCUT2D eigenvalue weighted by atomic mass is 16.5. The van der Waals surface area contributed by atoms with Crippen molar-refractivity contribution in [1.82, 2.24) is 5.43 Å². The van der Waals surface area contributed by atoms with Gasteiger partial charge in [-0.2, -0.15) is 5.10 Å². The van der Waals surface area contributed by atoms with Crippen molar-refractivity contribution in [2.75, 3.05) is 19.0 Å². The minimum atomic E-state index is -0.205. The summed E-state index contributed by atoms with van der Waals surface area (Å²) >= 11 is 0. The zero-order chi connectivity index (χ0) is 18.4. The highest BCUT2D eigenvalue weighted by Crippen LogP contribution is 2.17. The predicted octanol–water partition coefficient (Wildman–Crippen LogP) is 3.57. The summed E-state index contributed by atoms with van der Waals surface area (Å²) in [7, 11) is 1.61. The monoisotopic (exact) mass is 339 g/mol. The fourth-order valence-electron chi connectivity index (χ4n) is 2.51. The van der Waals surface area contributed by atoms with Crippen LogP contribution in [-0.4, -0.2) is 25.3 Å². The summed E-state index contributed by atoms with van der Waals surface area (Å²) in [6.07, 6.45) is 0. The van der Waals surface area contributed by atoms with Crippen molar-refractivity contribution in [3.63, 3.8) is 0 Å². The number of amides is 1. The third-order valence-corrected chi connectivity index (χ3v) is 4.10. The number of carbonyl (C=O) groups excluding carboxylic acids is 1. The van der Waals surface area contributed by atoms with Crippen LogP contribution in [0.2, 0.25) is 0 Å². The minimum absolute atomic E-state index is 0.135. The summed E-state index contributed by atoms with van der Waals surface area (Å²) in [6, 6.07) is 11.7. The Morgan fingerprint density at radius 1 is 1.08 bits per heavy atom. The molecule has 0 bridgehead atoms. The Kier molecular flexibility index (Phi) is 6.17. The number of nitrogens with zero attached hydrogens (tertiary/aromatic N) is 1. The number of aryl methyl sites for hydroxylation is 3. The molecule has 0 fully saturated rings. The molecule has 25 heavy (non-hydrogen) atoms. The van der Waals surface area contributed by atoms with Gasteiger partial charge in [0, 0.05) is 17.3 Å². The molecule has 0 spiro atoms. The topological polar surface area (TPSA) is 62.7 Å². The lowest BCUT2D eigenvalue weighted by Gasteiger charge is -2.10. The van der Waals surface area contributed by atoms with Crippen LogP contribution < -0.4 is 15.5 Å². The summed E-state index contributed by atoms with van der Waals surface area (Å²) in [5, 5.41) is 7.27. The number of rotatable bonds is 6. The number of benzene rings is 2. The second-order valence-electron chi connectivity index (χ2n) is 6.07. The standard InChI is InChI=1S/C20H25N3O2/c1-13-9-15(3)19(10-14(13)2)16(4)22-23-20(24)12-21-17-7-6-8-18(11-17)25-5/h6-11,21H,12H2,1-5H3,(H,23,24)/b22-16-. The van der Waals surface area contributed by atoms with Gasteiger partial charge in [-0.25, -0.2) is 5.43 Å². The van der Waals surface area contributed by atoms with Gasteiger partial charge in [-0.05, 0) is 62.6 Å². The maximum absolute atomic E-state index is 12.0. The normalized spacial score (nSPS) is 11.2. The summed E-state index contributed by atoms with van der Waals surface area (Å²) in [6.45, 7) is 8.24. The van der Waals surface area contributed by atoms with Crippen molar-refractivity contribution in [2.24, 2.45) is 5.10 Å². The van der Waals surface area contributed by atoms with Crippen molar-refractivity contribution in [1.29, 1.82) is 0 Å². The molecule has 0 aliphatic heterocycles. The van der Waals surface area contributed by atoms with Gasteiger partial charge in [0.1, 0.15) is 5.75 Å². The van der Waals surface area contributed by atoms with E-state index in [1.165, 1.54) is 11.1 Å². The van der Waals surface area contributed by atoms with Crippen LogP contribution in [0.25, 0.3) is 0 Å². The van der Waals surface area contributed by atoms with E-state index in [0.29, 0.717) is 0 Å². The number of ether oxygens (including phenoxy) is 1. The van der Waals surface area contributed by atoms with Gasteiger partial charge in [-0.15, -0.1) is 0 Å². The quantitative estimate of drug-likeness (QED) is 0.625. The van der Waals surface area contributed by atoms with Gasteiger partial charge in [0.2, 0.25) is 0 Å². The molecule has 0 aromatic heterocycles. The van der Waals surface area contributed by atoms with Crippen LogP contribution in [-0.2, 0) is 4.79 Å². The Morgan fingerprint density at radius 2 is 1.80 bits per heavy atom. The molecule has 0 atom stereocenters. The molecule has 2 aromatic rings. The van der Waals surface area contributed by atoms with E-state index >= 15 is 0 Å². The molecule has 132 valence electrons. The van der Waals surface area contributed by atoms with Gasteiger partial charge < -0.3 is 10.1 Å². The first kappa shape index (κ1) is 18.5. The molecule has 2 aromatic carbocycles. The molecule has 0 unspecified atom stereocenters. The number of hydrogen-bond acceptors (Lipinski definition) is 4. The minimum Gasteiger partial charge on any atom is -0.497 e. The fraction of sp³-hybridized carbons (Fsp3) is 0.300. The van der Waals surface area contributed by atoms with Crippen LogP contribution in [0.1, 0.15) is 29.2 Å². The molecule has 5 nitrogen and oxygen atoms in total. The molecule has 0 heterocycles. The SMILES string of the molecule is COc1cccc(NCC(=O)N/N=C(/C)c2cc(C)c(C)cc2C)c1. The average molecular weight is 339 g/mol. The third-order valence-electron chi connectivity index (χ3n) is 4.10. The van der Waals surface area contributed by atoms with Crippen molar-refractivity contribution in [3.05, 3.63) is 58.7 Å². The van der Waals surface area contributed by atoms with Gasteiger partial charge in [-0.1, -0.05) is 12.1 Å². The number of hydrogen-bond donors (Lipinski definition) is 2. The zero-order valence-electron chi connectivity index (χ0n) is 15.4. The van der Waals surface area contributed by atoms with E-state index in [1.54, 1.807) is 7.11 Å². The second kappa shape index (κ2) is 8.33. The van der Waals surface area contributed by atoms with Crippen LogP contribution in [0.5, 0.6) is 5.75 Å². The number of anilines is 1. The van der Waals surface area contributed by atoms with E-state index in [1.807, 2.05) is 38.1 Å². The maximum atomic E-state index is 12.0. The first-order valence-electron chi connectivity index (χ1n) is 8.20. The smallest absolute Gasteiger partial charge is 0.259 e. The number of carbonyl (C=O) groups is 1. The van der Waals surface area contributed by atoms with E-state index in [2.05, 4.69) is 41.8 Å². The van der Waals surface area contributed by atoms with Gasteiger partial charge in [0.25, 0.3) is 5.91 Å². The van der Waals surface area contributed by atoms with Crippen molar-refractivity contribution in [2.45, 2.75) is 27.7 Å². The second-order valence-corrected chi connectivity index (χ2v) is 6.07. The van der Waals surface area contributed by atoms with Crippen molar-refractivity contribution >= 4 is 17.3 Å². The molecule has 0 radical (unpaired) electrons. The van der Waals surface area contributed by atoms with E-state index in [0.717, 1.165) is 28.3 Å². The Hall–Kier alpha value is -2.82. The molecule has 2 rings (SSSR count). The molecule has 1 amide bonds. The van der Waals surface area contributed by atoms with Crippen LogP contribution in [0.3, 0.4) is 0 Å². The van der Waals surface area contributed by atoms with E-state index in [-0.39, 0.29) is 12.5 Å². The Morgan fingerprint density at radius 3 is 2.52 bits per heavy atom. The average Bonchev–Trinajstić information content (AvgIpc) is 2.61. The lowest BCUT2D eigenvalue weighted by atomic mass is 9.98. The molecule has 0 saturated heterocycles. The third kappa shape index (κ3) is 5.08. The van der Waals surface area contributed by atoms with E-state index in [9.17, 15) is 4.79 Å². The molecular formula is C20H25N3O2. The Balaban J connectivity index is 1.96. The summed E-state index contributed by atoms with van der Waals surface area (Å²) in [5.74, 6) is 0.535. The van der Waals surface area contributed by atoms with Gasteiger partial charge in [-0.3, -0.25) is 4.79 Å². The van der Waals surface area contributed by atoms with Crippen molar-refractivity contribution < 1.29 is 9.53 Å². The summed E-state index contributed by atoms with van der Waals surface area (Å²) in [5.41, 5.74) is 8.86. The highest BCUT2D eigenvalue weighted by molar-refractivity contribution is 6.00. The van der Waals surface area contributed by atoms with Crippen LogP contribution in [0, 0.1) is 20.8 Å². The lowest BCUT2D eigenvalue weighted by Crippen LogP contribution is -2.26. The van der Waals surface area contributed by atoms with E-state index < -0.39 is 0 Å². The highest BCUT2D eigenvalue weighted by Gasteiger charge is 2.06. The first-order chi connectivity index (χ1) is 11.9. The van der Waals surface area contributed by atoms with Crippen LogP contribution in [0.15, 0.2) is 41.5 Å². The van der Waals surface area contributed by atoms with Gasteiger partial charge in [0.15, 0.2) is 0 Å². The number of hydrazone groups is 1. The van der Waals surface area contributed by atoms with Gasteiger partial charge in [0.05, 0.1) is 19.4 Å². The Bertz CT molecular complexity index is 798. The molecule has 0 aliphatic rings. The molecule has 2 N–H and O–H groups in total. The zero-order valence-corrected chi connectivity index (χ0v) is 15.4. The fourth-order valence-corrected chi connectivity index (χ4v) is 2.51. The lowest BCUT2D eigenvalue weighted by molar-refractivity contribution is -0.119. The predicted molar refractivity (Wildman–Crippen MR) is 102 cm³/mol. The number of methoxy groups -OCH3 is 1. The van der Waals surface area contributed by atoms with Crippen molar-refractivity contribution in [3.8, 4) is 5.75 Å². The largest absolute Gasteiger partial charge is 0.497 e. The maximum Gasteiger partial charge on any atom is 0.259 e. The molecular weight excluding hydrogens is 314 g/mol. The van der Waals surface area contributed by atoms with E-state index in [4.69, 9.17) is 4.74 Å². The number of nitrogens with one attached hydrogen (secondary N) is 2. The van der Waals surface area contributed by atoms with Crippen LogP contribution >= 0.6 is 0 Å². The van der Waals surface area contributed by atoms with Gasteiger partial charge >= 0.3 is 0 Å². The van der Waals surface area contributed by atoms with Crippen LogP contribution in [0.4, 0.5) is 5.69 Å². The molecule has 0 saturated carbocycles. The summed E-state index contributed by atoms with van der Waals surface area (Å²) in [4.78, 5) is 12.0.